The number of hydrogen-bond donors (Lipinski definition) is 0. The molecular weight excluding hydrogens is 296 g/mol. The van der Waals surface area contributed by atoms with Gasteiger partial charge in [0.25, 0.3) is 0 Å². The van der Waals surface area contributed by atoms with Gasteiger partial charge in [-0.1, -0.05) is 24.0 Å². The molecule has 20 heavy (non-hydrogen) atoms. The van der Waals surface area contributed by atoms with Gasteiger partial charge in [0.2, 0.25) is 0 Å². The molecule has 108 valence electrons. The molecule has 0 N–H and O–H groups in total. The van der Waals surface area contributed by atoms with Crippen LogP contribution in [-0.4, -0.2) is 33.8 Å². The summed E-state index contributed by atoms with van der Waals surface area (Å²) >= 11 is 6.86. The van der Waals surface area contributed by atoms with E-state index >= 15 is 0 Å². The van der Waals surface area contributed by atoms with E-state index in [-0.39, 0.29) is 5.69 Å². The van der Waals surface area contributed by atoms with Crippen molar-refractivity contribution >= 4 is 34.0 Å². The van der Waals surface area contributed by atoms with Crippen LogP contribution >= 0.6 is 24.0 Å². The van der Waals surface area contributed by atoms with E-state index in [0.717, 1.165) is 22.3 Å². The summed E-state index contributed by atoms with van der Waals surface area (Å²) < 4.78 is 6.15. The van der Waals surface area contributed by atoms with Crippen molar-refractivity contribution in [2.45, 2.75) is 24.7 Å². The van der Waals surface area contributed by atoms with Gasteiger partial charge in [-0.3, -0.25) is 10.1 Å². The Morgan fingerprint density at radius 1 is 1.50 bits per heavy atom. The molecule has 0 radical (unpaired) electrons. The Morgan fingerprint density at radius 2 is 2.20 bits per heavy atom. The number of hydrogen-bond acceptors (Lipinski definition) is 5. The highest BCUT2D eigenvalue weighted by molar-refractivity contribution is 8.22. The molecule has 7 heteroatoms. The van der Waals surface area contributed by atoms with Crippen molar-refractivity contribution in [3.05, 3.63) is 28.3 Å². The minimum absolute atomic E-state index is 0.0108. The molecule has 0 spiro atoms. The van der Waals surface area contributed by atoms with Crippen LogP contribution in [-0.2, 0) is 0 Å². The molecule has 1 heterocycles. The predicted octanol–water partition coefficient (Wildman–Crippen LogP) is 3.47. The zero-order chi connectivity index (χ0) is 14.5. The van der Waals surface area contributed by atoms with Crippen molar-refractivity contribution < 1.29 is 9.66 Å². The second-order valence-electron chi connectivity index (χ2n) is 4.38. The van der Waals surface area contributed by atoms with Gasteiger partial charge in [-0.2, -0.15) is 0 Å². The van der Waals surface area contributed by atoms with Gasteiger partial charge in [0.1, 0.15) is 4.32 Å². The highest BCUT2D eigenvalue weighted by Gasteiger charge is 2.19. The Morgan fingerprint density at radius 3 is 2.80 bits per heavy atom. The summed E-state index contributed by atoms with van der Waals surface area (Å²) in [6.07, 6.45) is 2.34. The van der Waals surface area contributed by atoms with E-state index in [1.54, 1.807) is 19.1 Å². The number of rotatable bonds is 4. The molecule has 2 rings (SSSR count). The summed E-state index contributed by atoms with van der Waals surface area (Å²) in [7, 11) is 0. The van der Waals surface area contributed by atoms with Gasteiger partial charge < -0.3 is 9.64 Å². The fraction of sp³-hybridized carbons (Fsp3) is 0.462. The number of thiocarbonyl (C=S) groups is 1. The van der Waals surface area contributed by atoms with E-state index < -0.39 is 4.92 Å². The lowest BCUT2D eigenvalue weighted by atomic mass is 10.3. The Labute approximate surface area is 127 Å². The van der Waals surface area contributed by atoms with Crippen LogP contribution in [0.1, 0.15) is 19.8 Å². The topological polar surface area (TPSA) is 55.6 Å². The molecule has 0 amide bonds. The maximum Gasteiger partial charge on any atom is 0.310 e. The van der Waals surface area contributed by atoms with Crippen LogP contribution in [0.4, 0.5) is 5.69 Å². The molecule has 0 saturated carbocycles. The Bertz CT molecular complexity index is 516. The third kappa shape index (κ3) is 3.61. The van der Waals surface area contributed by atoms with Crippen molar-refractivity contribution in [2.24, 2.45) is 0 Å². The summed E-state index contributed by atoms with van der Waals surface area (Å²) in [6.45, 7) is 4.19. The summed E-state index contributed by atoms with van der Waals surface area (Å²) in [6, 6.07) is 4.88. The Kier molecular flexibility index (Phi) is 5.19. The van der Waals surface area contributed by atoms with Crippen LogP contribution in [0.25, 0.3) is 0 Å². The largest absolute Gasteiger partial charge is 0.487 e. The quantitative estimate of drug-likeness (QED) is 0.367. The monoisotopic (exact) mass is 312 g/mol. The smallest absolute Gasteiger partial charge is 0.310 e. The summed E-state index contributed by atoms with van der Waals surface area (Å²) in [5, 5.41) is 10.9. The average molecular weight is 312 g/mol. The molecule has 1 aliphatic heterocycles. The second-order valence-corrected chi connectivity index (χ2v) is 6.09. The Balaban J connectivity index is 2.13. The maximum absolute atomic E-state index is 10.9. The normalized spacial score (nSPS) is 14.3. The van der Waals surface area contributed by atoms with Crippen LogP contribution in [0.3, 0.4) is 0 Å². The van der Waals surface area contributed by atoms with E-state index in [2.05, 4.69) is 4.90 Å². The van der Waals surface area contributed by atoms with Crippen molar-refractivity contribution in [1.29, 1.82) is 0 Å². The van der Waals surface area contributed by atoms with Gasteiger partial charge in [0.15, 0.2) is 5.75 Å². The van der Waals surface area contributed by atoms with Crippen LogP contribution < -0.4 is 4.74 Å². The SMILES string of the molecule is CCOc1cc(SC(=S)N2CCCC2)ccc1[N+](=O)[O-]. The van der Waals surface area contributed by atoms with Crippen LogP contribution in [0.5, 0.6) is 5.75 Å². The highest BCUT2D eigenvalue weighted by atomic mass is 32.2. The minimum atomic E-state index is -0.432. The molecule has 5 nitrogen and oxygen atoms in total. The lowest BCUT2D eigenvalue weighted by Gasteiger charge is -2.17. The predicted molar refractivity (Wildman–Crippen MR) is 83.5 cm³/mol. The van der Waals surface area contributed by atoms with Gasteiger partial charge in [-0.25, -0.2) is 0 Å². The van der Waals surface area contributed by atoms with Crippen molar-refractivity contribution in [3.8, 4) is 5.75 Å². The molecule has 0 aromatic heterocycles. The molecule has 1 aromatic rings. The number of nitrogens with zero attached hydrogens (tertiary/aromatic N) is 2. The van der Waals surface area contributed by atoms with Crippen molar-refractivity contribution in [2.75, 3.05) is 19.7 Å². The number of thioether (sulfide) groups is 1. The molecule has 0 unspecified atom stereocenters. The lowest BCUT2D eigenvalue weighted by molar-refractivity contribution is -0.385. The van der Waals surface area contributed by atoms with E-state index in [9.17, 15) is 10.1 Å². The third-order valence-electron chi connectivity index (χ3n) is 3.00. The van der Waals surface area contributed by atoms with Gasteiger partial charge in [0.05, 0.1) is 11.5 Å². The van der Waals surface area contributed by atoms with Crippen LogP contribution in [0.15, 0.2) is 23.1 Å². The Hall–Kier alpha value is -1.34. The van der Waals surface area contributed by atoms with Crippen molar-refractivity contribution in [1.82, 2.24) is 4.90 Å². The average Bonchev–Trinajstić information content (AvgIpc) is 2.93. The van der Waals surface area contributed by atoms with Crippen LogP contribution in [0.2, 0.25) is 0 Å². The van der Waals surface area contributed by atoms with Gasteiger partial charge in [0, 0.05) is 30.1 Å². The minimum Gasteiger partial charge on any atom is -0.487 e. The van der Waals surface area contributed by atoms with Crippen LogP contribution in [0, 0.1) is 10.1 Å². The van der Waals surface area contributed by atoms with E-state index in [4.69, 9.17) is 17.0 Å². The number of benzene rings is 1. The first kappa shape index (κ1) is 15.1. The molecule has 1 aliphatic rings. The number of nitro benzene ring substituents is 1. The van der Waals surface area contributed by atoms with E-state index in [1.165, 1.54) is 30.7 Å². The van der Waals surface area contributed by atoms with Gasteiger partial charge in [-0.05, 0) is 25.8 Å². The summed E-state index contributed by atoms with van der Waals surface area (Å²) in [4.78, 5) is 13.5. The number of nitro groups is 1. The standard InChI is InChI=1S/C13H16N2O3S2/c1-2-18-12-9-10(5-6-11(12)15(16)17)20-13(19)14-7-3-4-8-14/h5-6,9H,2-4,7-8H2,1H3. The van der Waals surface area contributed by atoms with Crippen molar-refractivity contribution in [3.63, 3.8) is 0 Å². The third-order valence-corrected chi connectivity index (χ3v) is 4.43. The zero-order valence-corrected chi connectivity index (χ0v) is 12.8. The first-order chi connectivity index (χ1) is 9.61. The van der Waals surface area contributed by atoms with Gasteiger partial charge >= 0.3 is 5.69 Å². The van der Waals surface area contributed by atoms with E-state index in [1.807, 2.05) is 0 Å². The molecule has 1 fully saturated rings. The fourth-order valence-corrected chi connectivity index (χ4v) is 3.33. The first-order valence-electron chi connectivity index (χ1n) is 6.50. The first-order valence-corrected chi connectivity index (χ1v) is 7.72. The molecule has 1 saturated heterocycles. The molecular formula is C13H16N2O3S2. The fourth-order valence-electron chi connectivity index (χ4n) is 2.04. The molecule has 0 aliphatic carbocycles. The lowest BCUT2D eigenvalue weighted by Crippen LogP contribution is -2.22. The zero-order valence-electron chi connectivity index (χ0n) is 11.2. The highest BCUT2D eigenvalue weighted by Crippen LogP contribution is 2.33. The maximum atomic E-state index is 10.9. The second kappa shape index (κ2) is 6.90. The molecule has 0 bridgehead atoms. The summed E-state index contributed by atoms with van der Waals surface area (Å²) in [5.41, 5.74) is -0.0108. The molecule has 1 aromatic carbocycles. The number of likely N-dealkylation sites (tertiary alicyclic amines) is 1. The van der Waals surface area contributed by atoms with E-state index in [0.29, 0.717) is 12.4 Å². The molecule has 0 atom stereocenters. The summed E-state index contributed by atoms with van der Waals surface area (Å²) in [5.74, 6) is 0.298. The van der Waals surface area contributed by atoms with Gasteiger partial charge in [-0.15, -0.1) is 0 Å². The number of ether oxygens (including phenoxy) is 1.